The molecule has 1 N–H and O–H groups in total. The van der Waals surface area contributed by atoms with Gasteiger partial charge in [-0.05, 0) is 76.9 Å². The van der Waals surface area contributed by atoms with Crippen molar-refractivity contribution in [1.82, 2.24) is 5.43 Å². The van der Waals surface area contributed by atoms with E-state index in [1.54, 1.807) is 60.7 Å². The van der Waals surface area contributed by atoms with Gasteiger partial charge in [0.25, 0.3) is 5.91 Å². The van der Waals surface area contributed by atoms with Gasteiger partial charge in [-0.15, -0.1) is 0 Å². The number of hydrogen-bond donors (Lipinski definition) is 1. The zero-order chi connectivity index (χ0) is 23.6. The molecule has 0 bridgehead atoms. The average molecular weight is 532 g/mol. The average Bonchev–Trinajstić information content (AvgIpc) is 2.81. The van der Waals surface area contributed by atoms with Crippen LogP contribution in [0, 0.1) is 0 Å². The molecule has 0 unspecified atom stereocenters. The maximum absolute atomic E-state index is 12.4. The highest BCUT2D eigenvalue weighted by Crippen LogP contribution is 2.37. The summed E-state index contributed by atoms with van der Waals surface area (Å²) in [7, 11) is 0. The van der Waals surface area contributed by atoms with Crippen LogP contribution >= 0.6 is 27.5 Å². The van der Waals surface area contributed by atoms with E-state index in [-0.39, 0.29) is 12.4 Å². The van der Waals surface area contributed by atoms with Crippen molar-refractivity contribution < 1.29 is 23.8 Å². The van der Waals surface area contributed by atoms with Crippen molar-refractivity contribution in [1.29, 1.82) is 0 Å². The maximum Gasteiger partial charge on any atom is 0.343 e. The van der Waals surface area contributed by atoms with Crippen molar-refractivity contribution >= 4 is 45.6 Å². The molecule has 0 aliphatic carbocycles. The minimum atomic E-state index is -0.508. The predicted molar refractivity (Wildman–Crippen MR) is 129 cm³/mol. The number of nitrogens with one attached hydrogen (secondary N) is 1. The van der Waals surface area contributed by atoms with Crippen molar-refractivity contribution in [2.45, 2.75) is 6.92 Å². The molecule has 0 radical (unpaired) electrons. The highest BCUT2D eigenvalue weighted by Gasteiger charge is 2.17. The second-order valence-electron chi connectivity index (χ2n) is 6.55. The summed E-state index contributed by atoms with van der Waals surface area (Å²) >= 11 is 9.22. The number of esters is 1. The summed E-state index contributed by atoms with van der Waals surface area (Å²) in [4.78, 5) is 24.4. The summed E-state index contributed by atoms with van der Waals surface area (Å²) in [5.41, 5.74) is 3.42. The van der Waals surface area contributed by atoms with Gasteiger partial charge in [0.1, 0.15) is 5.75 Å². The van der Waals surface area contributed by atoms with Crippen LogP contribution < -0.4 is 19.6 Å². The van der Waals surface area contributed by atoms with E-state index in [1.807, 2.05) is 13.0 Å². The molecule has 3 rings (SSSR count). The van der Waals surface area contributed by atoms with Crippen molar-refractivity contribution in [3.05, 3.63) is 87.4 Å². The molecule has 3 aromatic rings. The van der Waals surface area contributed by atoms with Gasteiger partial charge in [-0.1, -0.05) is 29.8 Å². The van der Waals surface area contributed by atoms with Crippen LogP contribution in [0.4, 0.5) is 0 Å². The van der Waals surface area contributed by atoms with Crippen LogP contribution in [-0.4, -0.2) is 31.3 Å². The smallest absolute Gasteiger partial charge is 0.343 e. The van der Waals surface area contributed by atoms with Crippen LogP contribution in [0.3, 0.4) is 0 Å². The minimum absolute atomic E-state index is 0.207. The molecule has 33 heavy (non-hydrogen) atoms. The second kappa shape index (κ2) is 12.0. The Labute approximate surface area is 204 Å². The zero-order valence-electron chi connectivity index (χ0n) is 17.6. The fourth-order valence-electron chi connectivity index (χ4n) is 2.64. The number of amides is 1. The van der Waals surface area contributed by atoms with Crippen molar-refractivity contribution in [3.8, 4) is 17.2 Å². The molecule has 1 amide bonds. The Bertz CT molecular complexity index is 1140. The Morgan fingerprint density at radius 3 is 2.48 bits per heavy atom. The summed E-state index contributed by atoms with van der Waals surface area (Å²) in [6.07, 6.45) is 1.44. The van der Waals surface area contributed by atoms with Gasteiger partial charge < -0.3 is 14.2 Å². The molecule has 9 heteroatoms. The molecule has 0 aromatic heterocycles. The van der Waals surface area contributed by atoms with E-state index < -0.39 is 11.9 Å². The summed E-state index contributed by atoms with van der Waals surface area (Å²) in [6.45, 7) is 1.97. The molecule has 170 valence electrons. The molecular weight excluding hydrogens is 512 g/mol. The fraction of sp³-hybridized carbons (Fsp3) is 0.125. The van der Waals surface area contributed by atoms with Gasteiger partial charge >= 0.3 is 5.97 Å². The fourth-order valence-corrected chi connectivity index (χ4v) is 3.31. The standard InChI is InChI=1S/C24H20BrClN2O5/c1-2-31-21-13-16(12-20(25)23(21)33-24(30)17-6-4-3-5-7-17)14-27-28-22(29)15-32-19-10-8-18(26)9-11-19/h3-14H,2,15H2,1H3,(H,28,29)/b27-14-. The third kappa shape index (κ3) is 7.34. The summed E-state index contributed by atoms with van der Waals surface area (Å²) in [6, 6.07) is 18.7. The van der Waals surface area contributed by atoms with Gasteiger partial charge in [0.05, 0.1) is 22.9 Å². The Hall–Kier alpha value is -3.36. The molecule has 3 aromatic carbocycles. The molecule has 0 atom stereocenters. The third-order valence-corrected chi connectivity index (χ3v) is 4.96. The number of carbonyl (C=O) groups is 2. The highest BCUT2D eigenvalue weighted by atomic mass is 79.9. The molecule has 0 aliphatic heterocycles. The monoisotopic (exact) mass is 530 g/mol. The lowest BCUT2D eigenvalue weighted by Crippen LogP contribution is -2.24. The van der Waals surface area contributed by atoms with Gasteiger partial charge in [-0.2, -0.15) is 5.10 Å². The van der Waals surface area contributed by atoms with E-state index in [9.17, 15) is 9.59 Å². The lowest BCUT2D eigenvalue weighted by Gasteiger charge is -2.13. The van der Waals surface area contributed by atoms with Crippen LogP contribution in [-0.2, 0) is 4.79 Å². The van der Waals surface area contributed by atoms with Gasteiger partial charge in [-0.3, -0.25) is 4.79 Å². The van der Waals surface area contributed by atoms with Crippen LogP contribution in [0.1, 0.15) is 22.8 Å². The first-order chi connectivity index (χ1) is 16.0. The first-order valence-electron chi connectivity index (χ1n) is 9.90. The summed E-state index contributed by atoms with van der Waals surface area (Å²) in [5, 5.41) is 4.52. The number of ether oxygens (including phenoxy) is 3. The molecule has 0 saturated heterocycles. The quantitative estimate of drug-likeness (QED) is 0.176. The van der Waals surface area contributed by atoms with E-state index in [1.165, 1.54) is 6.21 Å². The van der Waals surface area contributed by atoms with E-state index in [2.05, 4.69) is 26.5 Å². The normalized spacial score (nSPS) is 10.6. The van der Waals surface area contributed by atoms with Crippen LogP contribution in [0.2, 0.25) is 5.02 Å². The largest absolute Gasteiger partial charge is 0.490 e. The SMILES string of the molecule is CCOc1cc(/C=N\NC(=O)COc2ccc(Cl)cc2)cc(Br)c1OC(=O)c1ccccc1. The number of hydrogen-bond acceptors (Lipinski definition) is 6. The van der Waals surface area contributed by atoms with Crippen molar-refractivity contribution in [2.24, 2.45) is 5.10 Å². The Morgan fingerprint density at radius 2 is 1.79 bits per heavy atom. The number of hydrazone groups is 1. The minimum Gasteiger partial charge on any atom is -0.490 e. The third-order valence-electron chi connectivity index (χ3n) is 4.12. The molecule has 7 nitrogen and oxygen atoms in total. The second-order valence-corrected chi connectivity index (χ2v) is 7.85. The lowest BCUT2D eigenvalue weighted by molar-refractivity contribution is -0.123. The van der Waals surface area contributed by atoms with Crippen LogP contribution in [0.5, 0.6) is 17.2 Å². The van der Waals surface area contributed by atoms with E-state index >= 15 is 0 Å². The van der Waals surface area contributed by atoms with Gasteiger partial charge in [0, 0.05) is 5.02 Å². The molecule has 0 saturated carbocycles. The first-order valence-corrected chi connectivity index (χ1v) is 11.1. The first kappa shape index (κ1) is 24.3. The molecule has 0 spiro atoms. The summed E-state index contributed by atoms with van der Waals surface area (Å²) in [5.74, 6) is 0.188. The Morgan fingerprint density at radius 1 is 1.06 bits per heavy atom. The van der Waals surface area contributed by atoms with Gasteiger partial charge in [0.2, 0.25) is 0 Å². The van der Waals surface area contributed by atoms with E-state index in [0.717, 1.165) is 0 Å². The van der Waals surface area contributed by atoms with Crippen LogP contribution in [0.25, 0.3) is 0 Å². The van der Waals surface area contributed by atoms with Gasteiger partial charge in [0.15, 0.2) is 18.1 Å². The number of halogens is 2. The number of carbonyl (C=O) groups excluding carboxylic acids is 2. The molecule has 0 heterocycles. The van der Waals surface area contributed by atoms with Crippen molar-refractivity contribution in [3.63, 3.8) is 0 Å². The van der Waals surface area contributed by atoms with Gasteiger partial charge in [-0.25, -0.2) is 10.2 Å². The van der Waals surface area contributed by atoms with E-state index in [4.69, 9.17) is 25.8 Å². The number of benzene rings is 3. The number of rotatable bonds is 9. The predicted octanol–water partition coefficient (Wildman–Crippen LogP) is 5.25. The molecular formula is C24H20BrClN2O5. The topological polar surface area (TPSA) is 86.2 Å². The highest BCUT2D eigenvalue weighted by molar-refractivity contribution is 9.10. The number of nitrogens with zero attached hydrogens (tertiary/aromatic N) is 1. The Kier molecular flexibility index (Phi) is 8.86. The van der Waals surface area contributed by atoms with Crippen molar-refractivity contribution in [2.75, 3.05) is 13.2 Å². The van der Waals surface area contributed by atoms with Crippen LogP contribution in [0.15, 0.2) is 76.3 Å². The lowest BCUT2D eigenvalue weighted by atomic mass is 10.2. The maximum atomic E-state index is 12.4. The molecule has 0 fully saturated rings. The molecule has 0 aliphatic rings. The summed E-state index contributed by atoms with van der Waals surface area (Å²) < 4.78 is 17.0. The zero-order valence-corrected chi connectivity index (χ0v) is 19.9. The Balaban J connectivity index is 1.64. The van der Waals surface area contributed by atoms with E-state index in [0.29, 0.717) is 38.7 Å².